The van der Waals surface area contributed by atoms with E-state index in [0.717, 1.165) is 41.2 Å². The van der Waals surface area contributed by atoms with E-state index in [1.807, 2.05) is 17.7 Å². The molecule has 1 saturated carbocycles. The van der Waals surface area contributed by atoms with Crippen molar-refractivity contribution in [3.63, 3.8) is 0 Å². The highest BCUT2D eigenvalue weighted by Crippen LogP contribution is 2.49. The van der Waals surface area contributed by atoms with Gasteiger partial charge in [-0.3, -0.25) is 9.36 Å². The maximum Gasteiger partial charge on any atom is 0.258 e. The summed E-state index contributed by atoms with van der Waals surface area (Å²) in [6.45, 7) is 2.72. The third kappa shape index (κ3) is 2.11. The van der Waals surface area contributed by atoms with Gasteiger partial charge in [0.05, 0.1) is 11.3 Å². The zero-order valence-electron chi connectivity index (χ0n) is 13.8. The molecule has 1 spiro atoms. The van der Waals surface area contributed by atoms with Crippen LogP contribution in [0.1, 0.15) is 43.7 Å². The highest BCUT2D eigenvalue weighted by atomic mass is 32.2. The van der Waals surface area contributed by atoms with Gasteiger partial charge in [-0.25, -0.2) is 4.98 Å². The van der Waals surface area contributed by atoms with Crippen molar-refractivity contribution in [3.8, 4) is 11.3 Å². The number of aromatic nitrogens is 2. The quantitative estimate of drug-likeness (QED) is 0.617. The molecule has 23 heavy (non-hydrogen) atoms. The summed E-state index contributed by atoms with van der Waals surface area (Å²) in [4.78, 5) is 18.3. The topological polar surface area (TPSA) is 34.9 Å². The molecular formula is C19H22N2OS. The first kappa shape index (κ1) is 15.0. The summed E-state index contributed by atoms with van der Waals surface area (Å²) in [5.74, 6) is 0. The molecule has 0 unspecified atom stereocenters. The number of fused-ring (bicyclic) bond motifs is 4. The standard InChI is InChI=1S/C19H22N2OS/c1-3-21-17(22)15-16(20-18(21)23-2)14-9-5-4-8-13(14)12-19(15)10-6-7-11-19/h4-5,8-9H,3,6-7,10-12H2,1-2H3. The Balaban J connectivity index is 2.09. The summed E-state index contributed by atoms with van der Waals surface area (Å²) in [6, 6.07) is 8.50. The zero-order valence-corrected chi connectivity index (χ0v) is 14.6. The molecule has 120 valence electrons. The number of hydrogen-bond acceptors (Lipinski definition) is 3. The van der Waals surface area contributed by atoms with Crippen molar-refractivity contribution in [3.05, 3.63) is 45.7 Å². The van der Waals surface area contributed by atoms with E-state index in [2.05, 4.69) is 24.3 Å². The molecule has 0 saturated heterocycles. The van der Waals surface area contributed by atoms with Crippen LogP contribution in [-0.4, -0.2) is 15.8 Å². The Kier molecular flexibility index (Phi) is 3.60. The lowest BCUT2D eigenvalue weighted by Gasteiger charge is -2.36. The Morgan fingerprint density at radius 2 is 2.00 bits per heavy atom. The number of rotatable bonds is 2. The monoisotopic (exact) mass is 326 g/mol. The van der Waals surface area contributed by atoms with E-state index >= 15 is 0 Å². The minimum absolute atomic E-state index is 0.0155. The molecule has 1 aromatic carbocycles. The fourth-order valence-corrected chi connectivity index (χ4v) is 5.09. The molecule has 2 aromatic rings. The van der Waals surface area contributed by atoms with Crippen LogP contribution in [0.15, 0.2) is 34.2 Å². The molecule has 1 aromatic heterocycles. The van der Waals surface area contributed by atoms with E-state index in [9.17, 15) is 4.79 Å². The average Bonchev–Trinajstić information content (AvgIpc) is 3.02. The van der Waals surface area contributed by atoms with Crippen molar-refractivity contribution in [1.82, 2.24) is 9.55 Å². The van der Waals surface area contributed by atoms with Gasteiger partial charge in [0.25, 0.3) is 5.56 Å². The van der Waals surface area contributed by atoms with Gasteiger partial charge in [0.1, 0.15) is 0 Å². The van der Waals surface area contributed by atoms with E-state index in [-0.39, 0.29) is 11.0 Å². The van der Waals surface area contributed by atoms with Crippen LogP contribution in [0.5, 0.6) is 0 Å². The molecule has 1 fully saturated rings. The van der Waals surface area contributed by atoms with Crippen molar-refractivity contribution in [2.45, 2.75) is 56.1 Å². The SMILES string of the molecule is CCn1c(SC)nc2c(c1=O)C1(CCCC1)Cc1ccccc1-2. The molecule has 0 aliphatic heterocycles. The number of hydrogen-bond donors (Lipinski definition) is 0. The van der Waals surface area contributed by atoms with Gasteiger partial charge in [0.15, 0.2) is 5.16 Å². The van der Waals surface area contributed by atoms with Crippen molar-refractivity contribution < 1.29 is 0 Å². The summed E-state index contributed by atoms with van der Waals surface area (Å²) in [5.41, 5.74) is 4.67. The fraction of sp³-hybridized carbons (Fsp3) is 0.474. The van der Waals surface area contributed by atoms with Crippen molar-refractivity contribution in [2.24, 2.45) is 0 Å². The Hall–Kier alpha value is -1.55. The summed E-state index contributed by atoms with van der Waals surface area (Å²) < 4.78 is 1.86. The lowest BCUT2D eigenvalue weighted by atomic mass is 9.68. The first-order chi connectivity index (χ1) is 11.2. The van der Waals surface area contributed by atoms with Crippen LogP contribution in [0.25, 0.3) is 11.3 Å². The minimum Gasteiger partial charge on any atom is -0.288 e. The molecule has 4 heteroatoms. The highest BCUT2D eigenvalue weighted by molar-refractivity contribution is 7.98. The lowest BCUT2D eigenvalue weighted by Crippen LogP contribution is -2.40. The maximum atomic E-state index is 13.3. The molecule has 3 nitrogen and oxygen atoms in total. The van der Waals surface area contributed by atoms with Gasteiger partial charge in [-0.2, -0.15) is 0 Å². The number of nitrogens with zero attached hydrogens (tertiary/aromatic N) is 2. The summed E-state index contributed by atoms with van der Waals surface area (Å²) in [7, 11) is 0. The van der Waals surface area contributed by atoms with E-state index in [1.54, 1.807) is 11.8 Å². The molecule has 0 amide bonds. The van der Waals surface area contributed by atoms with Gasteiger partial charge in [-0.15, -0.1) is 0 Å². The van der Waals surface area contributed by atoms with E-state index < -0.39 is 0 Å². The second-order valence-corrected chi connectivity index (χ2v) is 7.47. The molecule has 0 radical (unpaired) electrons. The molecule has 2 aliphatic carbocycles. The Morgan fingerprint density at radius 1 is 1.26 bits per heavy atom. The van der Waals surface area contributed by atoms with Crippen molar-refractivity contribution in [1.29, 1.82) is 0 Å². The first-order valence-corrected chi connectivity index (χ1v) is 9.70. The molecule has 0 N–H and O–H groups in total. The average molecular weight is 326 g/mol. The summed E-state index contributed by atoms with van der Waals surface area (Å²) in [6.07, 6.45) is 7.67. The predicted molar refractivity (Wildman–Crippen MR) is 95.2 cm³/mol. The van der Waals surface area contributed by atoms with Crippen LogP contribution in [0.4, 0.5) is 0 Å². The van der Waals surface area contributed by atoms with Crippen LogP contribution in [0.2, 0.25) is 0 Å². The molecule has 0 atom stereocenters. The first-order valence-electron chi connectivity index (χ1n) is 8.48. The third-order valence-electron chi connectivity index (χ3n) is 5.53. The zero-order chi connectivity index (χ0) is 16.0. The predicted octanol–water partition coefficient (Wildman–Crippen LogP) is 4.02. The van der Waals surface area contributed by atoms with Crippen LogP contribution in [-0.2, 0) is 18.4 Å². The number of benzene rings is 1. The largest absolute Gasteiger partial charge is 0.288 e. The van der Waals surface area contributed by atoms with Gasteiger partial charge in [0, 0.05) is 17.5 Å². The summed E-state index contributed by atoms with van der Waals surface area (Å²) >= 11 is 1.56. The van der Waals surface area contributed by atoms with Crippen LogP contribution in [0, 0.1) is 0 Å². The minimum atomic E-state index is 0.0155. The fourth-order valence-electron chi connectivity index (χ4n) is 4.48. The highest BCUT2D eigenvalue weighted by Gasteiger charge is 2.44. The van der Waals surface area contributed by atoms with E-state index in [0.29, 0.717) is 6.54 Å². The van der Waals surface area contributed by atoms with Crippen LogP contribution in [0.3, 0.4) is 0 Å². The maximum absolute atomic E-state index is 13.3. The smallest absolute Gasteiger partial charge is 0.258 e. The molecule has 4 rings (SSSR count). The normalized spacial score (nSPS) is 18.0. The van der Waals surface area contributed by atoms with Crippen molar-refractivity contribution >= 4 is 11.8 Å². The van der Waals surface area contributed by atoms with Crippen molar-refractivity contribution in [2.75, 3.05) is 6.26 Å². The van der Waals surface area contributed by atoms with E-state index in [1.165, 1.54) is 18.4 Å². The van der Waals surface area contributed by atoms with Crippen LogP contribution < -0.4 is 5.56 Å². The Labute approximate surface area is 141 Å². The second kappa shape index (κ2) is 5.52. The van der Waals surface area contributed by atoms with Gasteiger partial charge in [-0.05, 0) is 38.0 Å². The summed E-state index contributed by atoms with van der Waals surface area (Å²) in [5, 5.41) is 0.834. The lowest BCUT2D eigenvalue weighted by molar-refractivity contribution is 0.416. The Morgan fingerprint density at radius 3 is 2.70 bits per heavy atom. The third-order valence-corrected chi connectivity index (χ3v) is 6.20. The van der Waals surface area contributed by atoms with Gasteiger partial charge in [-0.1, -0.05) is 48.9 Å². The molecule has 1 heterocycles. The van der Waals surface area contributed by atoms with Crippen LogP contribution >= 0.6 is 11.8 Å². The van der Waals surface area contributed by atoms with Gasteiger partial charge in [0.2, 0.25) is 0 Å². The number of thioether (sulfide) groups is 1. The molecule has 2 aliphatic rings. The second-order valence-electron chi connectivity index (χ2n) is 6.69. The molecule has 0 bridgehead atoms. The van der Waals surface area contributed by atoms with Gasteiger partial charge < -0.3 is 0 Å². The van der Waals surface area contributed by atoms with Gasteiger partial charge >= 0.3 is 0 Å². The molecular weight excluding hydrogens is 304 g/mol. The Bertz CT molecular complexity index is 819. The van der Waals surface area contributed by atoms with E-state index in [4.69, 9.17) is 4.98 Å².